The van der Waals surface area contributed by atoms with Crippen LogP contribution in [0, 0.1) is 6.92 Å². The van der Waals surface area contributed by atoms with Crippen LogP contribution in [0.25, 0.3) is 0 Å². The van der Waals surface area contributed by atoms with Gasteiger partial charge in [0.25, 0.3) is 0 Å². The Morgan fingerprint density at radius 3 is 2.72 bits per heavy atom. The average molecular weight is 272 g/mol. The van der Waals surface area contributed by atoms with Gasteiger partial charge in [-0.1, -0.05) is 6.42 Å². The molecule has 0 unspecified atom stereocenters. The van der Waals surface area contributed by atoms with Gasteiger partial charge in [-0.05, 0) is 33.6 Å². The minimum atomic E-state index is 0.121. The van der Waals surface area contributed by atoms with Crippen molar-refractivity contribution in [2.24, 2.45) is 0 Å². The minimum absolute atomic E-state index is 0.121. The van der Waals surface area contributed by atoms with Crippen LogP contribution in [0.4, 0.5) is 5.95 Å². The number of halogens is 1. The topological polar surface area (TPSA) is 47.0 Å². The Labute approximate surface area is 114 Å². The number of unbranched alkanes of at least 4 members (excludes halogenated alkanes) is 2. The van der Waals surface area contributed by atoms with Gasteiger partial charge in [-0.2, -0.15) is 4.98 Å². The molecule has 1 aromatic rings. The molecule has 0 aliphatic rings. The SMILES string of the molecule is Cc1cc(OC(C)C)nc(NCCCCCCl)n1. The maximum atomic E-state index is 5.63. The first-order valence-electron chi connectivity index (χ1n) is 6.44. The van der Waals surface area contributed by atoms with Crippen LogP contribution in [0.1, 0.15) is 38.8 Å². The van der Waals surface area contributed by atoms with Crippen molar-refractivity contribution in [1.29, 1.82) is 0 Å². The van der Waals surface area contributed by atoms with Crippen LogP contribution in [0.5, 0.6) is 5.88 Å². The molecule has 4 nitrogen and oxygen atoms in total. The van der Waals surface area contributed by atoms with E-state index in [1.807, 2.05) is 26.8 Å². The molecule has 0 amide bonds. The second-order valence-corrected chi connectivity index (χ2v) is 4.89. The highest BCUT2D eigenvalue weighted by atomic mass is 35.5. The van der Waals surface area contributed by atoms with E-state index in [2.05, 4.69) is 15.3 Å². The summed E-state index contributed by atoms with van der Waals surface area (Å²) in [6.07, 6.45) is 3.37. The summed E-state index contributed by atoms with van der Waals surface area (Å²) >= 11 is 5.63. The number of rotatable bonds is 8. The van der Waals surface area contributed by atoms with Crippen LogP contribution in [-0.2, 0) is 0 Å². The molecule has 18 heavy (non-hydrogen) atoms. The lowest BCUT2D eigenvalue weighted by atomic mass is 10.2. The number of aryl methyl sites for hydroxylation is 1. The molecule has 0 aliphatic carbocycles. The molecule has 0 saturated heterocycles. The molecule has 0 fully saturated rings. The largest absolute Gasteiger partial charge is 0.475 e. The van der Waals surface area contributed by atoms with E-state index in [9.17, 15) is 0 Å². The summed E-state index contributed by atoms with van der Waals surface area (Å²) < 4.78 is 5.57. The summed E-state index contributed by atoms with van der Waals surface area (Å²) in [6, 6.07) is 1.85. The molecular weight excluding hydrogens is 250 g/mol. The predicted molar refractivity (Wildman–Crippen MR) is 75.6 cm³/mol. The number of alkyl halides is 1. The smallest absolute Gasteiger partial charge is 0.226 e. The molecule has 0 bridgehead atoms. The average Bonchev–Trinajstić information content (AvgIpc) is 2.27. The van der Waals surface area contributed by atoms with Crippen molar-refractivity contribution < 1.29 is 4.74 Å². The highest BCUT2D eigenvalue weighted by molar-refractivity contribution is 6.17. The van der Waals surface area contributed by atoms with Crippen molar-refractivity contribution in [3.63, 3.8) is 0 Å². The van der Waals surface area contributed by atoms with E-state index in [-0.39, 0.29) is 6.10 Å². The maximum Gasteiger partial charge on any atom is 0.226 e. The van der Waals surface area contributed by atoms with Gasteiger partial charge in [0.2, 0.25) is 11.8 Å². The Kier molecular flexibility index (Phi) is 6.80. The molecule has 0 radical (unpaired) electrons. The van der Waals surface area contributed by atoms with E-state index in [0.717, 1.165) is 37.4 Å². The van der Waals surface area contributed by atoms with Crippen LogP contribution < -0.4 is 10.1 Å². The fraction of sp³-hybridized carbons (Fsp3) is 0.692. The first-order chi connectivity index (χ1) is 8.61. The number of nitrogens with zero attached hydrogens (tertiary/aromatic N) is 2. The van der Waals surface area contributed by atoms with Crippen LogP contribution in [0.15, 0.2) is 6.07 Å². The summed E-state index contributed by atoms with van der Waals surface area (Å²) in [4.78, 5) is 8.65. The van der Waals surface area contributed by atoms with Crippen LogP contribution in [-0.4, -0.2) is 28.5 Å². The van der Waals surface area contributed by atoms with Gasteiger partial charge in [0.05, 0.1) is 6.10 Å². The molecule has 1 aromatic heterocycles. The van der Waals surface area contributed by atoms with Crippen molar-refractivity contribution in [2.75, 3.05) is 17.7 Å². The molecule has 0 saturated carbocycles. The fourth-order valence-electron chi connectivity index (χ4n) is 1.52. The van der Waals surface area contributed by atoms with Gasteiger partial charge in [-0.25, -0.2) is 4.98 Å². The number of hydrogen-bond donors (Lipinski definition) is 1. The fourth-order valence-corrected chi connectivity index (χ4v) is 1.71. The summed E-state index contributed by atoms with van der Waals surface area (Å²) in [6.45, 7) is 6.77. The second kappa shape index (κ2) is 8.14. The normalized spacial score (nSPS) is 10.7. The van der Waals surface area contributed by atoms with Gasteiger partial charge in [0.15, 0.2) is 0 Å². The van der Waals surface area contributed by atoms with Gasteiger partial charge in [-0.15, -0.1) is 11.6 Å². The Hall–Kier alpha value is -1.03. The molecule has 5 heteroatoms. The summed E-state index contributed by atoms with van der Waals surface area (Å²) in [5, 5.41) is 3.21. The van der Waals surface area contributed by atoms with Crippen molar-refractivity contribution in [1.82, 2.24) is 9.97 Å². The van der Waals surface area contributed by atoms with Gasteiger partial charge in [-0.3, -0.25) is 0 Å². The maximum absolute atomic E-state index is 5.63. The third-order valence-corrected chi connectivity index (χ3v) is 2.55. The quantitative estimate of drug-likeness (QED) is 0.582. The van der Waals surface area contributed by atoms with Crippen molar-refractivity contribution >= 4 is 17.5 Å². The number of aromatic nitrogens is 2. The summed E-state index contributed by atoms with van der Waals surface area (Å²) in [5.41, 5.74) is 0.906. The van der Waals surface area contributed by atoms with Crippen molar-refractivity contribution in [2.45, 2.75) is 46.1 Å². The summed E-state index contributed by atoms with van der Waals surface area (Å²) in [7, 11) is 0. The lowest BCUT2D eigenvalue weighted by Gasteiger charge is -2.11. The summed E-state index contributed by atoms with van der Waals surface area (Å²) in [5.74, 6) is 1.99. The van der Waals surface area contributed by atoms with Crippen LogP contribution in [0.3, 0.4) is 0 Å². The van der Waals surface area contributed by atoms with E-state index in [0.29, 0.717) is 11.8 Å². The highest BCUT2D eigenvalue weighted by Gasteiger charge is 2.04. The van der Waals surface area contributed by atoms with E-state index in [1.54, 1.807) is 0 Å². The molecule has 1 N–H and O–H groups in total. The van der Waals surface area contributed by atoms with Gasteiger partial charge >= 0.3 is 0 Å². The zero-order valence-corrected chi connectivity index (χ0v) is 12.1. The Morgan fingerprint density at radius 2 is 2.06 bits per heavy atom. The molecule has 0 atom stereocenters. The lowest BCUT2D eigenvalue weighted by Crippen LogP contribution is -2.11. The molecule has 0 aliphatic heterocycles. The van der Waals surface area contributed by atoms with Crippen molar-refractivity contribution in [3.8, 4) is 5.88 Å². The monoisotopic (exact) mass is 271 g/mol. The second-order valence-electron chi connectivity index (χ2n) is 4.51. The molecule has 1 heterocycles. The van der Waals surface area contributed by atoms with Crippen LogP contribution >= 0.6 is 11.6 Å². The number of ether oxygens (including phenoxy) is 1. The van der Waals surface area contributed by atoms with E-state index >= 15 is 0 Å². The van der Waals surface area contributed by atoms with Crippen molar-refractivity contribution in [3.05, 3.63) is 11.8 Å². The molecule has 102 valence electrons. The minimum Gasteiger partial charge on any atom is -0.475 e. The predicted octanol–water partition coefficient (Wildman–Crippen LogP) is 3.39. The highest BCUT2D eigenvalue weighted by Crippen LogP contribution is 2.13. The molecule has 1 rings (SSSR count). The van der Waals surface area contributed by atoms with E-state index < -0.39 is 0 Å². The molecule has 0 aromatic carbocycles. The zero-order valence-electron chi connectivity index (χ0n) is 11.4. The number of anilines is 1. The Bertz CT molecular complexity index is 358. The Balaban J connectivity index is 2.46. The van der Waals surface area contributed by atoms with Gasteiger partial charge in [0.1, 0.15) is 0 Å². The van der Waals surface area contributed by atoms with E-state index in [1.165, 1.54) is 0 Å². The third-order valence-electron chi connectivity index (χ3n) is 2.28. The number of nitrogens with one attached hydrogen (secondary N) is 1. The lowest BCUT2D eigenvalue weighted by molar-refractivity contribution is 0.232. The van der Waals surface area contributed by atoms with E-state index in [4.69, 9.17) is 16.3 Å². The molecule has 0 spiro atoms. The van der Waals surface area contributed by atoms with Gasteiger partial charge < -0.3 is 10.1 Å². The first kappa shape index (κ1) is 15.0. The van der Waals surface area contributed by atoms with Gasteiger partial charge in [0, 0.05) is 24.2 Å². The zero-order chi connectivity index (χ0) is 13.4. The Morgan fingerprint density at radius 1 is 1.28 bits per heavy atom. The van der Waals surface area contributed by atoms with Crippen LogP contribution in [0.2, 0.25) is 0 Å². The standard InChI is InChI=1S/C13H22ClN3O/c1-10(2)18-12-9-11(3)16-13(17-12)15-8-6-4-5-7-14/h9-10H,4-8H2,1-3H3,(H,15,16,17). The number of hydrogen-bond acceptors (Lipinski definition) is 4. The third kappa shape index (κ3) is 6.05. The first-order valence-corrected chi connectivity index (χ1v) is 6.97. The molecular formula is C13H22ClN3O.